The van der Waals surface area contributed by atoms with Gasteiger partial charge in [-0.3, -0.25) is 9.78 Å². The third-order valence-electron chi connectivity index (χ3n) is 3.33. The van der Waals surface area contributed by atoms with Gasteiger partial charge < -0.3 is 20.1 Å². The number of nitrogens with zero attached hydrogens (tertiary/aromatic N) is 3. The summed E-state index contributed by atoms with van der Waals surface area (Å²) in [7, 11) is 0. The minimum Gasteiger partial charge on any atom is -0.394 e. The van der Waals surface area contributed by atoms with Crippen molar-refractivity contribution < 1.29 is 20.1 Å². The quantitative estimate of drug-likeness (QED) is 0.460. The zero-order chi connectivity index (χ0) is 15.1. The van der Waals surface area contributed by atoms with E-state index >= 15 is 0 Å². The van der Waals surface area contributed by atoms with Crippen LogP contribution >= 0.6 is 0 Å². The Labute approximate surface area is 116 Å². The monoisotopic (exact) mass is 296 g/mol. The summed E-state index contributed by atoms with van der Waals surface area (Å²) in [5, 5.41) is 28.8. The molecular weight excluding hydrogens is 284 g/mol. The summed E-state index contributed by atoms with van der Waals surface area (Å²) in [6.45, 7) is -0.531. The standard InChI is InChI=1S/C11H12N4O6/c16-3-4-6(17)7(18)10(21-4)15-8-5(12-1-2-13-8)9(19)14-11(15)20/h1-2,4,6-7,10,16-18H,3H2,(H,14,19,20)/t4-,6-,7+,10+/m1/s1. The Morgan fingerprint density at radius 2 is 1.95 bits per heavy atom. The second-order valence-electron chi connectivity index (χ2n) is 4.59. The highest BCUT2D eigenvalue weighted by Crippen LogP contribution is 2.29. The number of aromatic amines is 1. The molecule has 0 unspecified atom stereocenters. The normalized spacial score (nSPS) is 29.1. The molecule has 0 amide bonds. The number of hydrogen-bond donors (Lipinski definition) is 4. The van der Waals surface area contributed by atoms with Crippen molar-refractivity contribution in [2.75, 3.05) is 6.61 Å². The molecule has 0 aromatic carbocycles. The van der Waals surface area contributed by atoms with Crippen LogP contribution < -0.4 is 11.2 Å². The topological polar surface area (TPSA) is 151 Å². The molecule has 10 heteroatoms. The highest BCUT2D eigenvalue weighted by molar-refractivity contribution is 5.67. The molecule has 1 fully saturated rings. The van der Waals surface area contributed by atoms with Crippen LogP contribution in [0.25, 0.3) is 11.2 Å². The van der Waals surface area contributed by atoms with Gasteiger partial charge in [0.2, 0.25) is 0 Å². The van der Waals surface area contributed by atoms with Crippen LogP contribution in [-0.2, 0) is 4.74 Å². The molecule has 2 aromatic rings. The van der Waals surface area contributed by atoms with E-state index in [-0.39, 0.29) is 11.2 Å². The number of hydrogen-bond acceptors (Lipinski definition) is 8. The van der Waals surface area contributed by atoms with E-state index in [1.807, 2.05) is 4.98 Å². The Hall–Kier alpha value is -2.14. The Kier molecular flexibility index (Phi) is 3.29. The van der Waals surface area contributed by atoms with E-state index in [9.17, 15) is 19.8 Å². The Balaban J connectivity index is 2.22. The van der Waals surface area contributed by atoms with Gasteiger partial charge in [-0.05, 0) is 0 Å². The first-order chi connectivity index (χ1) is 10.0. The van der Waals surface area contributed by atoms with E-state index in [0.717, 1.165) is 4.57 Å². The van der Waals surface area contributed by atoms with Crippen LogP contribution in [0.4, 0.5) is 0 Å². The third-order valence-corrected chi connectivity index (χ3v) is 3.33. The highest BCUT2D eigenvalue weighted by atomic mass is 16.6. The van der Waals surface area contributed by atoms with Gasteiger partial charge in [-0.2, -0.15) is 0 Å². The molecule has 1 saturated heterocycles. The van der Waals surface area contributed by atoms with Crippen molar-refractivity contribution in [3.63, 3.8) is 0 Å². The Morgan fingerprint density at radius 1 is 1.24 bits per heavy atom. The van der Waals surface area contributed by atoms with E-state index in [1.54, 1.807) is 0 Å². The molecule has 112 valence electrons. The summed E-state index contributed by atoms with van der Waals surface area (Å²) in [5.74, 6) is 0. The van der Waals surface area contributed by atoms with Gasteiger partial charge in [0, 0.05) is 12.4 Å². The molecule has 1 aliphatic heterocycles. The fourth-order valence-corrected chi connectivity index (χ4v) is 2.31. The van der Waals surface area contributed by atoms with Crippen LogP contribution in [0.5, 0.6) is 0 Å². The Bertz CT molecular complexity index is 786. The summed E-state index contributed by atoms with van der Waals surface area (Å²) >= 11 is 0. The van der Waals surface area contributed by atoms with Crippen molar-refractivity contribution >= 4 is 11.2 Å². The van der Waals surface area contributed by atoms with Crippen LogP contribution in [0.1, 0.15) is 6.23 Å². The molecule has 3 rings (SSSR count). The molecule has 1 aliphatic rings. The lowest BCUT2D eigenvalue weighted by molar-refractivity contribution is -0.0530. The molecule has 4 N–H and O–H groups in total. The SMILES string of the molecule is O=c1[nH]c(=O)n([C@H]2O[C@H](CO)[C@@H](O)[C@@H]2O)c2nccnc12. The summed E-state index contributed by atoms with van der Waals surface area (Å²) in [6, 6.07) is 0. The molecule has 0 aliphatic carbocycles. The zero-order valence-corrected chi connectivity index (χ0v) is 10.6. The number of fused-ring (bicyclic) bond motifs is 1. The smallest absolute Gasteiger partial charge is 0.332 e. The van der Waals surface area contributed by atoms with E-state index < -0.39 is 42.4 Å². The fourth-order valence-electron chi connectivity index (χ4n) is 2.31. The average Bonchev–Trinajstić information content (AvgIpc) is 2.75. The fraction of sp³-hybridized carbons (Fsp3) is 0.455. The highest BCUT2D eigenvalue weighted by Gasteiger charge is 2.44. The first-order valence-corrected chi connectivity index (χ1v) is 6.12. The van der Waals surface area contributed by atoms with Gasteiger partial charge in [0.15, 0.2) is 17.4 Å². The molecule has 0 spiro atoms. The van der Waals surface area contributed by atoms with Crippen LogP contribution in [0.15, 0.2) is 22.0 Å². The molecular formula is C11H12N4O6. The second-order valence-corrected chi connectivity index (χ2v) is 4.59. The minimum absolute atomic E-state index is 0.0823. The number of aliphatic hydroxyl groups excluding tert-OH is 3. The minimum atomic E-state index is -1.46. The molecule has 0 radical (unpaired) electrons. The summed E-state index contributed by atoms with van der Waals surface area (Å²) in [6.07, 6.45) is -2.61. The van der Waals surface area contributed by atoms with E-state index in [4.69, 9.17) is 9.84 Å². The molecule has 21 heavy (non-hydrogen) atoms. The van der Waals surface area contributed by atoms with Gasteiger partial charge in [0.1, 0.15) is 18.3 Å². The first kappa shape index (κ1) is 13.8. The third kappa shape index (κ3) is 2.05. The van der Waals surface area contributed by atoms with Gasteiger partial charge in [0.25, 0.3) is 5.56 Å². The van der Waals surface area contributed by atoms with Crippen molar-refractivity contribution in [3.05, 3.63) is 33.2 Å². The molecule has 0 saturated carbocycles. The number of nitrogens with one attached hydrogen (secondary N) is 1. The van der Waals surface area contributed by atoms with Gasteiger partial charge >= 0.3 is 5.69 Å². The van der Waals surface area contributed by atoms with Gasteiger partial charge in [0.05, 0.1) is 6.61 Å². The average molecular weight is 296 g/mol. The van der Waals surface area contributed by atoms with Crippen molar-refractivity contribution in [2.45, 2.75) is 24.5 Å². The molecule has 3 heterocycles. The molecule has 0 bridgehead atoms. The number of H-pyrrole nitrogens is 1. The van der Waals surface area contributed by atoms with Gasteiger partial charge in [-0.25, -0.2) is 19.3 Å². The largest absolute Gasteiger partial charge is 0.394 e. The number of aromatic nitrogens is 4. The predicted octanol–water partition coefficient (Wildman–Crippen LogP) is -2.91. The van der Waals surface area contributed by atoms with Crippen LogP contribution in [0, 0.1) is 0 Å². The lowest BCUT2D eigenvalue weighted by atomic mass is 10.1. The van der Waals surface area contributed by atoms with Gasteiger partial charge in [-0.15, -0.1) is 0 Å². The predicted molar refractivity (Wildman–Crippen MR) is 67.4 cm³/mol. The lowest BCUT2D eigenvalue weighted by Crippen LogP contribution is -2.39. The van der Waals surface area contributed by atoms with Crippen LogP contribution in [0.3, 0.4) is 0 Å². The van der Waals surface area contributed by atoms with Crippen LogP contribution in [0.2, 0.25) is 0 Å². The number of rotatable bonds is 2. The maximum Gasteiger partial charge on any atom is 0.332 e. The van der Waals surface area contributed by atoms with E-state index in [0.29, 0.717) is 0 Å². The van der Waals surface area contributed by atoms with Crippen molar-refractivity contribution in [2.24, 2.45) is 0 Å². The summed E-state index contributed by atoms with van der Waals surface area (Å²) in [4.78, 5) is 33.4. The maximum atomic E-state index is 12.0. The van der Waals surface area contributed by atoms with E-state index in [1.165, 1.54) is 12.4 Å². The summed E-state index contributed by atoms with van der Waals surface area (Å²) in [5.41, 5.74) is -1.76. The van der Waals surface area contributed by atoms with Crippen molar-refractivity contribution in [1.29, 1.82) is 0 Å². The van der Waals surface area contributed by atoms with Crippen molar-refractivity contribution in [1.82, 2.24) is 19.5 Å². The number of ether oxygens (including phenoxy) is 1. The summed E-state index contributed by atoms with van der Waals surface area (Å²) < 4.78 is 6.17. The molecule has 4 atom stereocenters. The maximum absolute atomic E-state index is 12.0. The first-order valence-electron chi connectivity index (χ1n) is 6.12. The van der Waals surface area contributed by atoms with Crippen molar-refractivity contribution in [3.8, 4) is 0 Å². The second kappa shape index (κ2) is 5.00. The molecule has 2 aromatic heterocycles. The molecule has 10 nitrogen and oxygen atoms in total. The number of aliphatic hydroxyl groups is 3. The van der Waals surface area contributed by atoms with Crippen LogP contribution in [-0.4, -0.2) is 59.8 Å². The van der Waals surface area contributed by atoms with Gasteiger partial charge in [-0.1, -0.05) is 0 Å². The Morgan fingerprint density at radius 3 is 2.62 bits per heavy atom. The lowest BCUT2D eigenvalue weighted by Gasteiger charge is -2.18. The zero-order valence-electron chi connectivity index (χ0n) is 10.6. The van der Waals surface area contributed by atoms with E-state index in [2.05, 4.69) is 9.97 Å².